The molecule has 36 heavy (non-hydrogen) atoms. The van der Waals surface area contributed by atoms with Crippen LogP contribution in [-0.4, -0.2) is 55.0 Å². The van der Waals surface area contributed by atoms with Crippen molar-refractivity contribution in [2.75, 3.05) is 24.4 Å². The molecule has 0 aliphatic rings. The lowest BCUT2D eigenvalue weighted by atomic mass is 10.1. The molecular weight excluding hydrogens is 496 g/mol. The summed E-state index contributed by atoms with van der Waals surface area (Å²) in [5, 5.41) is 20.2. The first kappa shape index (κ1) is 25.3. The van der Waals surface area contributed by atoms with Crippen LogP contribution in [0.2, 0.25) is 0 Å². The van der Waals surface area contributed by atoms with E-state index in [0.717, 1.165) is 0 Å². The Bertz CT molecular complexity index is 1400. The van der Waals surface area contributed by atoms with Gasteiger partial charge in [0.2, 0.25) is 5.88 Å². The quantitative estimate of drug-likeness (QED) is 0.210. The minimum atomic E-state index is -3.85. The maximum atomic E-state index is 12.5. The first-order chi connectivity index (χ1) is 17.3. The van der Waals surface area contributed by atoms with Crippen molar-refractivity contribution < 1.29 is 31.8 Å². The molecule has 0 saturated heterocycles. The molecule has 0 aliphatic carbocycles. The highest BCUT2D eigenvalue weighted by Gasteiger charge is 2.16. The van der Waals surface area contributed by atoms with Crippen LogP contribution in [0, 0.1) is 0 Å². The molecule has 10 nitrogen and oxygen atoms in total. The van der Waals surface area contributed by atoms with Crippen LogP contribution in [0.3, 0.4) is 0 Å². The van der Waals surface area contributed by atoms with Crippen LogP contribution >= 0.6 is 0 Å². The van der Waals surface area contributed by atoms with Crippen LogP contribution in [0.5, 0.6) is 11.6 Å². The fourth-order valence-electron chi connectivity index (χ4n) is 3.36. The predicted octanol–water partition coefficient (Wildman–Crippen LogP) is 3.06. The number of hydrogen-bond acceptors (Lipinski definition) is 8. The highest BCUT2D eigenvalue weighted by atomic mass is 32.2. The van der Waals surface area contributed by atoms with Crippen molar-refractivity contribution in [2.45, 2.75) is 17.7 Å². The summed E-state index contributed by atoms with van der Waals surface area (Å²) < 4.78 is 62.2. The smallest absolute Gasteiger partial charge is 0.388 e. The van der Waals surface area contributed by atoms with Gasteiger partial charge in [0.25, 0.3) is 10.0 Å². The summed E-state index contributed by atoms with van der Waals surface area (Å²) in [5.41, 5.74) is 1.32. The molecule has 2 aromatic heterocycles. The SMILES string of the molecule is O=S(=O)(Nc1cccc(C(O)CNCCOc2ccc3c(OC(F)F)n[nH]c3c2)c1)c1ccccn1. The average Bonchev–Trinajstić information content (AvgIpc) is 3.25. The van der Waals surface area contributed by atoms with E-state index in [1.165, 1.54) is 12.3 Å². The van der Waals surface area contributed by atoms with Crippen LogP contribution in [-0.2, 0) is 10.0 Å². The molecule has 0 radical (unpaired) electrons. The molecule has 4 N–H and O–H groups in total. The van der Waals surface area contributed by atoms with Gasteiger partial charge in [-0.1, -0.05) is 18.2 Å². The monoisotopic (exact) mass is 519 g/mol. The number of H-pyrrole nitrogens is 1. The standard InChI is InChI=1S/C23H23F2N5O5S/c24-23(25)35-22-18-8-7-17(13-19(18)28-29-22)34-11-10-26-14-20(31)15-4-3-5-16(12-15)30-36(32,33)21-6-1-2-9-27-21/h1-9,12-13,20,23,26,30-31H,10-11,14H2,(H,28,29). The Hall–Kier alpha value is -3.81. The zero-order valence-corrected chi connectivity index (χ0v) is 19.6. The summed E-state index contributed by atoms with van der Waals surface area (Å²) in [5.74, 6) is 0.320. The van der Waals surface area contributed by atoms with E-state index in [9.17, 15) is 22.3 Å². The highest BCUT2D eigenvalue weighted by molar-refractivity contribution is 7.92. The van der Waals surface area contributed by atoms with Gasteiger partial charge >= 0.3 is 6.61 Å². The molecule has 0 amide bonds. The number of anilines is 1. The molecule has 2 heterocycles. The van der Waals surface area contributed by atoms with Crippen LogP contribution in [0.25, 0.3) is 10.9 Å². The van der Waals surface area contributed by atoms with Crippen molar-refractivity contribution in [3.63, 3.8) is 0 Å². The number of sulfonamides is 1. The molecular formula is C23H23F2N5O5S. The van der Waals surface area contributed by atoms with Crippen LogP contribution in [0.15, 0.2) is 71.9 Å². The molecule has 2 aromatic carbocycles. The number of halogens is 2. The zero-order valence-electron chi connectivity index (χ0n) is 18.8. The van der Waals surface area contributed by atoms with E-state index >= 15 is 0 Å². The van der Waals surface area contributed by atoms with E-state index in [1.807, 2.05) is 0 Å². The number of benzene rings is 2. The van der Waals surface area contributed by atoms with E-state index in [4.69, 9.17) is 4.74 Å². The molecule has 13 heteroatoms. The van der Waals surface area contributed by atoms with Gasteiger partial charge in [0.15, 0.2) is 5.03 Å². The van der Waals surface area contributed by atoms with Gasteiger partial charge in [0, 0.05) is 31.0 Å². The third kappa shape index (κ3) is 6.44. The minimum Gasteiger partial charge on any atom is -0.492 e. The summed E-state index contributed by atoms with van der Waals surface area (Å²) in [6.45, 7) is -2.08. The van der Waals surface area contributed by atoms with E-state index in [0.29, 0.717) is 34.4 Å². The minimum absolute atomic E-state index is 0.105. The average molecular weight is 520 g/mol. The summed E-state index contributed by atoms with van der Waals surface area (Å²) in [4.78, 5) is 3.85. The van der Waals surface area contributed by atoms with Gasteiger partial charge in [-0.2, -0.15) is 17.2 Å². The van der Waals surface area contributed by atoms with Crippen LogP contribution in [0.1, 0.15) is 11.7 Å². The summed E-state index contributed by atoms with van der Waals surface area (Å²) in [6.07, 6.45) is 0.500. The van der Waals surface area contributed by atoms with Crippen LogP contribution in [0.4, 0.5) is 14.5 Å². The molecule has 190 valence electrons. The van der Waals surface area contributed by atoms with Crippen molar-refractivity contribution in [2.24, 2.45) is 0 Å². The molecule has 1 atom stereocenters. The molecule has 4 aromatic rings. The van der Waals surface area contributed by atoms with Gasteiger partial charge in [-0.05, 0) is 42.0 Å². The van der Waals surface area contributed by atoms with Crippen molar-refractivity contribution >= 4 is 26.6 Å². The van der Waals surface area contributed by atoms with Gasteiger partial charge in [0.1, 0.15) is 12.4 Å². The number of nitrogens with one attached hydrogen (secondary N) is 3. The Kier molecular flexibility index (Phi) is 7.93. The molecule has 0 saturated carbocycles. The highest BCUT2D eigenvalue weighted by Crippen LogP contribution is 2.27. The van der Waals surface area contributed by atoms with Crippen molar-refractivity contribution in [3.05, 3.63) is 72.4 Å². The number of aromatic nitrogens is 3. The lowest BCUT2D eigenvalue weighted by Crippen LogP contribution is -2.26. The number of ether oxygens (including phenoxy) is 2. The predicted molar refractivity (Wildman–Crippen MR) is 128 cm³/mol. The summed E-state index contributed by atoms with van der Waals surface area (Å²) in [6, 6.07) is 15.8. The number of aromatic amines is 1. The zero-order chi connectivity index (χ0) is 25.5. The fourth-order valence-corrected chi connectivity index (χ4v) is 4.36. The third-order valence-electron chi connectivity index (χ3n) is 5.02. The first-order valence-electron chi connectivity index (χ1n) is 10.8. The summed E-state index contributed by atoms with van der Waals surface area (Å²) in [7, 11) is -3.85. The van der Waals surface area contributed by atoms with Crippen molar-refractivity contribution in [1.29, 1.82) is 0 Å². The molecule has 0 fully saturated rings. The van der Waals surface area contributed by atoms with Gasteiger partial charge in [-0.25, -0.2) is 4.98 Å². The largest absolute Gasteiger partial charge is 0.492 e. The fraction of sp³-hybridized carbons (Fsp3) is 0.217. The topological polar surface area (TPSA) is 138 Å². The van der Waals surface area contributed by atoms with E-state index < -0.39 is 22.7 Å². The number of hydrogen-bond donors (Lipinski definition) is 4. The van der Waals surface area contributed by atoms with E-state index in [1.54, 1.807) is 54.6 Å². The lowest BCUT2D eigenvalue weighted by Gasteiger charge is -2.14. The molecule has 0 aliphatic heterocycles. The molecule has 1 unspecified atom stereocenters. The third-order valence-corrected chi connectivity index (χ3v) is 6.32. The van der Waals surface area contributed by atoms with Gasteiger partial charge in [-0.3, -0.25) is 9.82 Å². The maximum absolute atomic E-state index is 12.5. The van der Waals surface area contributed by atoms with E-state index in [-0.39, 0.29) is 24.1 Å². The van der Waals surface area contributed by atoms with Crippen LogP contribution < -0.4 is 19.5 Å². The summed E-state index contributed by atoms with van der Waals surface area (Å²) >= 11 is 0. The van der Waals surface area contributed by atoms with Gasteiger partial charge in [-0.15, -0.1) is 5.10 Å². The number of aliphatic hydroxyl groups is 1. The lowest BCUT2D eigenvalue weighted by molar-refractivity contribution is -0.0518. The molecule has 0 spiro atoms. The first-order valence-corrected chi connectivity index (χ1v) is 12.3. The number of pyridine rings is 1. The van der Waals surface area contributed by atoms with Gasteiger partial charge < -0.3 is 19.9 Å². The van der Waals surface area contributed by atoms with Gasteiger partial charge in [0.05, 0.1) is 17.0 Å². The molecule has 0 bridgehead atoms. The molecule has 4 rings (SSSR count). The Balaban J connectivity index is 1.25. The second kappa shape index (κ2) is 11.3. The second-order valence-corrected chi connectivity index (χ2v) is 9.21. The Morgan fingerprint density at radius 1 is 1.08 bits per heavy atom. The number of fused-ring (bicyclic) bond motifs is 1. The number of aliphatic hydroxyl groups excluding tert-OH is 1. The number of rotatable bonds is 12. The Morgan fingerprint density at radius 2 is 1.94 bits per heavy atom. The van der Waals surface area contributed by atoms with Crippen molar-refractivity contribution in [1.82, 2.24) is 20.5 Å². The van der Waals surface area contributed by atoms with Crippen molar-refractivity contribution in [3.8, 4) is 11.6 Å². The second-order valence-electron chi connectivity index (χ2n) is 7.58. The maximum Gasteiger partial charge on any atom is 0.388 e. The number of nitrogens with zero attached hydrogens (tertiary/aromatic N) is 2. The Labute approximate surface area is 205 Å². The van der Waals surface area contributed by atoms with E-state index in [2.05, 4.69) is 30.0 Å². The normalized spacial score (nSPS) is 12.6. The number of alkyl halides is 2. The Morgan fingerprint density at radius 3 is 2.72 bits per heavy atom.